The van der Waals surface area contributed by atoms with Crippen LogP contribution in [0.3, 0.4) is 0 Å². The van der Waals surface area contributed by atoms with Crippen molar-refractivity contribution >= 4 is 53.4 Å². The number of nitrogens with two attached hydrogens (primary N) is 2. The number of carboxylic acids is 2. The Kier molecular flexibility index (Phi) is 20.9. The van der Waals surface area contributed by atoms with Crippen molar-refractivity contribution in [3.63, 3.8) is 0 Å². The van der Waals surface area contributed by atoms with Gasteiger partial charge >= 0.3 is 18.0 Å². The molecule has 13 N–H and O–H groups in total. The fourth-order valence-electron chi connectivity index (χ4n) is 7.05. The van der Waals surface area contributed by atoms with Crippen LogP contribution in [0.4, 0.5) is 4.79 Å². The summed E-state index contributed by atoms with van der Waals surface area (Å²) >= 11 is 0. The second-order valence-electron chi connectivity index (χ2n) is 16.0. The normalized spacial score (nSPS) is 15.7. The van der Waals surface area contributed by atoms with Crippen LogP contribution in [-0.4, -0.2) is 130 Å². The lowest BCUT2D eigenvalue weighted by molar-refractivity contribution is -0.143. The average Bonchev–Trinajstić information content (AvgIpc) is 3.75. The highest BCUT2D eigenvalue weighted by Crippen LogP contribution is 2.20. The summed E-state index contributed by atoms with van der Waals surface area (Å²) in [5.41, 5.74) is 12.5. The van der Waals surface area contributed by atoms with Crippen LogP contribution in [0.5, 0.6) is 5.75 Å². The van der Waals surface area contributed by atoms with E-state index >= 15 is 0 Å². The van der Waals surface area contributed by atoms with Crippen LogP contribution in [0.1, 0.15) is 76.3 Å². The van der Waals surface area contributed by atoms with Crippen LogP contribution < -0.4 is 43.4 Å². The number of likely N-dealkylation sites (tertiary alicyclic amines) is 1. The molecule has 6 atom stereocenters. The molecule has 0 aliphatic carbocycles. The minimum Gasteiger partial charge on any atom is -0.508 e. The highest BCUT2D eigenvalue weighted by molar-refractivity contribution is 5.96. The van der Waals surface area contributed by atoms with E-state index in [2.05, 4.69) is 31.9 Å². The summed E-state index contributed by atoms with van der Waals surface area (Å²) in [4.78, 5) is 117. The number of aromatic hydroxyl groups is 1. The van der Waals surface area contributed by atoms with Crippen molar-refractivity contribution in [1.82, 2.24) is 36.8 Å². The molecule has 0 saturated carbocycles. The van der Waals surface area contributed by atoms with Crippen LogP contribution in [0, 0.1) is 5.92 Å². The van der Waals surface area contributed by atoms with Gasteiger partial charge in [-0.3, -0.25) is 33.6 Å². The van der Waals surface area contributed by atoms with Crippen LogP contribution in [-0.2, 0) is 51.2 Å². The third-order valence-electron chi connectivity index (χ3n) is 10.4. The number of primary amides is 1. The largest absolute Gasteiger partial charge is 0.508 e. The minimum atomic E-state index is -1.32. The number of carboxylic acid groups (broad SMARTS) is 2. The second kappa shape index (κ2) is 26.0. The Morgan fingerprint density at radius 2 is 1.39 bits per heavy atom. The van der Waals surface area contributed by atoms with Crippen molar-refractivity contribution in [1.29, 1.82) is 0 Å². The average molecular weight is 896 g/mol. The SMILES string of the molecule is CC(C)C[C@H](NC(=O)[C@H](Cc1ccc(O)cc1)NC(=O)[C@H](CCc1ccccc1)NC(=O)CNC(=O)[C@H](CCCNC(N)=O)NC(=O)[C@@H]1CCCN1C(=O)[C@@H](N)CCC(=O)O)C(=O)O. The maximum absolute atomic E-state index is 14.0. The number of aryl methyl sites for hydroxylation is 1. The van der Waals surface area contributed by atoms with Crippen molar-refractivity contribution < 1.29 is 58.5 Å². The van der Waals surface area contributed by atoms with Gasteiger partial charge in [-0.05, 0) is 80.5 Å². The van der Waals surface area contributed by atoms with Crippen LogP contribution in [0.2, 0.25) is 0 Å². The third-order valence-corrected chi connectivity index (χ3v) is 10.4. The number of hydrogen-bond acceptors (Lipinski definition) is 11. The van der Waals surface area contributed by atoms with Crippen LogP contribution in [0.25, 0.3) is 0 Å². The van der Waals surface area contributed by atoms with Gasteiger partial charge in [-0.2, -0.15) is 0 Å². The van der Waals surface area contributed by atoms with Gasteiger partial charge in [-0.15, -0.1) is 0 Å². The lowest BCUT2D eigenvalue weighted by atomic mass is 10.0. The molecule has 1 heterocycles. The zero-order chi connectivity index (χ0) is 47.3. The first-order valence-electron chi connectivity index (χ1n) is 21.2. The summed E-state index contributed by atoms with van der Waals surface area (Å²) in [5, 5.41) is 43.9. The van der Waals surface area contributed by atoms with E-state index in [4.69, 9.17) is 16.6 Å². The number of benzene rings is 2. The zero-order valence-corrected chi connectivity index (χ0v) is 36.0. The van der Waals surface area contributed by atoms with Gasteiger partial charge in [-0.1, -0.05) is 56.3 Å². The second-order valence-corrected chi connectivity index (χ2v) is 16.0. The molecule has 21 nitrogen and oxygen atoms in total. The van der Waals surface area contributed by atoms with E-state index in [9.17, 15) is 53.4 Å². The molecule has 0 bridgehead atoms. The van der Waals surface area contributed by atoms with E-state index in [1.54, 1.807) is 26.0 Å². The quantitative estimate of drug-likeness (QED) is 0.0526. The molecule has 2 aromatic carbocycles. The van der Waals surface area contributed by atoms with Gasteiger partial charge in [0.1, 0.15) is 36.0 Å². The number of rotatable bonds is 26. The van der Waals surface area contributed by atoms with Crippen LogP contribution in [0.15, 0.2) is 54.6 Å². The lowest BCUT2D eigenvalue weighted by Crippen LogP contribution is -2.58. The summed E-state index contributed by atoms with van der Waals surface area (Å²) in [6.45, 7) is 3.14. The van der Waals surface area contributed by atoms with Crippen molar-refractivity contribution in [2.24, 2.45) is 17.4 Å². The molecule has 0 aromatic heterocycles. The minimum absolute atomic E-state index is 0.0369. The Bertz CT molecular complexity index is 1930. The summed E-state index contributed by atoms with van der Waals surface area (Å²) in [7, 11) is 0. The highest BCUT2D eigenvalue weighted by atomic mass is 16.4. The fourth-order valence-corrected chi connectivity index (χ4v) is 7.05. The molecular weight excluding hydrogens is 835 g/mol. The number of amides is 8. The summed E-state index contributed by atoms with van der Waals surface area (Å²) in [6, 6.07) is 6.80. The highest BCUT2D eigenvalue weighted by Gasteiger charge is 2.38. The zero-order valence-electron chi connectivity index (χ0n) is 36.0. The van der Waals surface area contributed by atoms with E-state index < -0.39 is 96.2 Å². The molecule has 8 amide bonds. The lowest BCUT2D eigenvalue weighted by Gasteiger charge is -2.28. The number of phenolic OH excluding ortho intramolecular Hbond substituents is 1. The molecule has 0 unspecified atom stereocenters. The number of phenols is 1. The number of aliphatic carboxylic acids is 2. The number of urea groups is 1. The molecule has 1 aliphatic rings. The number of carbonyl (C=O) groups excluding carboxylic acids is 7. The van der Waals surface area contributed by atoms with Crippen molar-refractivity contribution in [2.75, 3.05) is 19.6 Å². The first-order chi connectivity index (χ1) is 30.3. The van der Waals surface area contributed by atoms with Gasteiger partial charge in [0, 0.05) is 25.9 Å². The maximum atomic E-state index is 14.0. The smallest absolute Gasteiger partial charge is 0.326 e. The Balaban J connectivity index is 1.79. The van der Waals surface area contributed by atoms with Gasteiger partial charge < -0.3 is 63.6 Å². The molecule has 21 heteroatoms. The van der Waals surface area contributed by atoms with Gasteiger partial charge in [0.2, 0.25) is 35.4 Å². The standard InChI is InChI=1S/C43H61N9O12/c1-25(2)22-33(42(62)63)51-39(59)32(23-27-12-15-28(53)16-13-27)50-38(58)31(18-14-26-8-4-3-5-9-26)48-35(54)24-47-37(57)30(10-6-20-46-43(45)64)49-40(60)34-11-7-21-52(34)41(61)29(44)17-19-36(55)56/h3-5,8-9,12-13,15-16,25,29-34,53H,6-7,10-11,14,17-24,44H2,1-2H3,(H,47,57)(H,48,54)(H,49,60)(H,50,58)(H,51,59)(H,55,56)(H,62,63)(H3,45,46,64)/t29-,30-,31-,32-,33-,34-/m0/s1. The fraction of sp³-hybridized carbons (Fsp3) is 0.512. The van der Waals surface area contributed by atoms with E-state index in [1.807, 2.05) is 18.2 Å². The maximum Gasteiger partial charge on any atom is 0.326 e. The first-order valence-corrected chi connectivity index (χ1v) is 21.2. The monoisotopic (exact) mass is 895 g/mol. The number of nitrogens with zero attached hydrogens (tertiary/aromatic N) is 1. The number of carbonyl (C=O) groups is 9. The number of nitrogens with one attached hydrogen (secondary N) is 6. The van der Waals surface area contributed by atoms with Gasteiger partial charge in [0.05, 0.1) is 12.6 Å². The first kappa shape index (κ1) is 51.6. The number of hydrogen-bond donors (Lipinski definition) is 11. The predicted octanol–water partition coefficient (Wildman–Crippen LogP) is -0.615. The van der Waals surface area contributed by atoms with E-state index in [-0.39, 0.29) is 76.1 Å². The molecule has 1 saturated heterocycles. The molecule has 64 heavy (non-hydrogen) atoms. The Labute approximate surface area is 370 Å². The Morgan fingerprint density at radius 1 is 0.750 bits per heavy atom. The van der Waals surface area contributed by atoms with E-state index in [1.165, 1.54) is 29.2 Å². The summed E-state index contributed by atoms with van der Waals surface area (Å²) in [6.07, 6.45) is 0.658. The van der Waals surface area contributed by atoms with Gasteiger partial charge in [-0.25, -0.2) is 9.59 Å². The predicted molar refractivity (Wildman–Crippen MR) is 231 cm³/mol. The Morgan fingerprint density at radius 3 is 2.02 bits per heavy atom. The van der Waals surface area contributed by atoms with Crippen molar-refractivity contribution in [3.05, 3.63) is 65.7 Å². The molecule has 1 fully saturated rings. The molecule has 0 spiro atoms. The van der Waals surface area contributed by atoms with E-state index in [0.29, 0.717) is 18.4 Å². The topological polar surface area (TPSA) is 342 Å². The third kappa shape index (κ3) is 17.9. The molecule has 350 valence electrons. The molecule has 1 aliphatic heterocycles. The molecule has 0 radical (unpaired) electrons. The van der Waals surface area contributed by atoms with E-state index in [0.717, 1.165) is 5.56 Å². The summed E-state index contributed by atoms with van der Waals surface area (Å²) in [5.74, 6) is -7.02. The van der Waals surface area contributed by atoms with Crippen molar-refractivity contribution in [3.8, 4) is 5.75 Å². The Hall–Kier alpha value is -6.77. The molecular formula is C43H61N9O12. The van der Waals surface area contributed by atoms with Crippen molar-refractivity contribution in [2.45, 2.75) is 114 Å². The molecule has 3 rings (SSSR count). The summed E-state index contributed by atoms with van der Waals surface area (Å²) < 4.78 is 0. The van der Waals surface area contributed by atoms with Gasteiger partial charge in [0.15, 0.2) is 0 Å². The van der Waals surface area contributed by atoms with Crippen LogP contribution >= 0.6 is 0 Å². The van der Waals surface area contributed by atoms with Gasteiger partial charge in [0.25, 0.3) is 0 Å². The molecule has 2 aromatic rings.